The minimum Gasteiger partial charge on any atom is -0.494 e. The molecule has 2 N–H and O–H groups in total. The number of aromatic amines is 1. The van der Waals surface area contributed by atoms with Crippen LogP contribution in [0.25, 0.3) is 5.69 Å². The van der Waals surface area contributed by atoms with Crippen molar-refractivity contribution >= 4 is 0 Å². The largest absolute Gasteiger partial charge is 0.494 e. The number of nitrogens with one attached hydrogen (secondary N) is 1. The minimum atomic E-state index is -0.280. The van der Waals surface area contributed by atoms with E-state index in [1.165, 1.54) is 0 Å². The molecular formula is C16H22N3O2+. The highest BCUT2D eigenvalue weighted by molar-refractivity contribution is 5.42. The molecule has 0 fully saturated rings. The zero-order valence-electron chi connectivity index (χ0n) is 12.8. The van der Waals surface area contributed by atoms with Crippen molar-refractivity contribution in [2.24, 2.45) is 0 Å². The highest BCUT2D eigenvalue weighted by Crippen LogP contribution is 2.20. The highest BCUT2D eigenvalue weighted by atomic mass is 16.3. The summed E-state index contributed by atoms with van der Waals surface area (Å²) in [5.41, 5.74) is 1.92. The van der Waals surface area contributed by atoms with Crippen LogP contribution in [-0.4, -0.2) is 35.6 Å². The second-order valence-corrected chi connectivity index (χ2v) is 5.44. The second-order valence-electron chi connectivity index (χ2n) is 5.44. The fourth-order valence-corrected chi connectivity index (χ4v) is 2.47. The Bertz CT molecular complexity index is 663. The van der Waals surface area contributed by atoms with Crippen molar-refractivity contribution in [3.63, 3.8) is 0 Å². The first-order valence-electron chi connectivity index (χ1n) is 7.07. The predicted molar refractivity (Wildman–Crippen MR) is 81.9 cm³/mol. The summed E-state index contributed by atoms with van der Waals surface area (Å²) < 4.78 is 1.78. The number of nitrogens with zero attached hydrogens (tertiary/aromatic N) is 2. The van der Waals surface area contributed by atoms with Crippen molar-refractivity contribution in [2.45, 2.75) is 19.8 Å². The van der Waals surface area contributed by atoms with E-state index >= 15 is 0 Å². The van der Waals surface area contributed by atoms with E-state index in [9.17, 15) is 9.90 Å². The normalized spacial score (nSPS) is 11.0. The molecule has 0 aliphatic heterocycles. The average molecular weight is 288 g/mol. The summed E-state index contributed by atoms with van der Waals surface area (Å²) in [5, 5.41) is 10.0. The molecule has 5 heteroatoms. The second kappa shape index (κ2) is 6.54. The molecule has 0 saturated carbocycles. The van der Waals surface area contributed by atoms with E-state index < -0.39 is 0 Å². The molecular weight excluding hydrogens is 266 g/mol. The van der Waals surface area contributed by atoms with Crippen molar-refractivity contribution in [1.29, 1.82) is 0 Å². The molecule has 112 valence electrons. The SMILES string of the molecule is Cc1c(CCCN(C)C)c(O)[nH]c(=O)c1-[n+]1ccccc1. The number of rotatable bonds is 5. The number of pyridine rings is 2. The lowest BCUT2D eigenvalue weighted by atomic mass is 10.0. The van der Waals surface area contributed by atoms with Crippen molar-refractivity contribution in [1.82, 2.24) is 9.88 Å². The van der Waals surface area contributed by atoms with E-state index in [2.05, 4.69) is 9.88 Å². The van der Waals surface area contributed by atoms with Gasteiger partial charge in [0.05, 0.1) is 0 Å². The first-order valence-corrected chi connectivity index (χ1v) is 7.07. The van der Waals surface area contributed by atoms with Gasteiger partial charge in [-0.05, 0) is 40.4 Å². The van der Waals surface area contributed by atoms with Gasteiger partial charge < -0.3 is 10.0 Å². The molecule has 2 rings (SSSR count). The Morgan fingerprint density at radius 1 is 1.24 bits per heavy atom. The Kier molecular flexibility index (Phi) is 4.75. The van der Waals surface area contributed by atoms with Gasteiger partial charge in [0.25, 0.3) is 5.69 Å². The van der Waals surface area contributed by atoms with Crippen LogP contribution in [0.4, 0.5) is 0 Å². The molecule has 2 aromatic rings. The maximum atomic E-state index is 12.2. The van der Waals surface area contributed by atoms with Crippen LogP contribution in [0.3, 0.4) is 0 Å². The Labute approximate surface area is 124 Å². The van der Waals surface area contributed by atoms with Crippen LogP contribution in [0.15, 0.2) is 35.4 Å². The van der Waals surface area contributed by atoms with Crippen molar-refractivity contribution in [3.05, 3.63) is 52.1 Å². The van der Waals surface area contributed by atoms with Gasteiger partial charge in [0, 0.05) is 23.3 Å². The van der Waals surface area contributed by atoms with E-state index in [1.54, 1.807) is 4.57 Å². The maximum absolute atomic E-state index is 12.2. The predicted octanol–water partition coefficient (Wildman–Crippen LogP) is 1.16. The molecule has 2 heterocycles. The number of aromatic hydroxyl groups is 1. The van der Waals surface area contributed by atoms with Crippen LogP contribution in [0.1, 0.15) is 17.5 Å². The Hall–Kier alpha value is -2.14. The Morgan fingerprint density at radius 3 is 2.52 bits per heavy atom. The third kappa shape index (κ3) is 3.49. The fraction of sp³-hybridized carbons (Fsp3) is 0.375. The van der Waals surface area contributed by atoms with Gasteiger partial charge >= 0.3 is 5.56 Å². The van der Waals surface area contributed by atoms with Gasteiger partial charge in [0.2, 0.25) is 0 Å². The van der Waals surface area contributed by atoms with Crippen molar-refractivity contribution in [2.75, 3.05) is 20.6 Å². The maximum Gasteiger partial charge on any atom is 0.323 e. The summed E-state index contributed by atoms with van der Waals surface area (Å²) in [6.07, 6.45) is 5.32. The van der Waals surface area contributed by atoms with Crippen LogP contribution in [0, 0.1) is 6.92 Å². The standard InChI is InChI=1S/C16H21N3O2/c1-12-13(8-7-9-18(2)3)15(20)17-16(21)14(12)19-10-5-4-6-11-19/h4-6,10-11H,7-9H2,1-3H3,(H-,17,20,21)/p+1. The Morgan fingerprint density at radius 2 is 1.90 bits per heavy atom. The van der Waals surface area contributed by atoms with E-state index in [0.29, 0.717) is 5.69 Å². The number of hydrogen-bond donors (Lipinski definition) is 2. The molecule has 0 atom stereocenters. The molecule has 0 aliphatic rings. The first-order chi connectivity index (χ1) is 10.0. The number of H-pyrrole nitrogens is 1. The molecule has 5 nitrogen and oxygen atoms in total. The van der Waals surface area contributed by atoms with Gasteiger partial charge in [0.15, 0.2) is 18.3 Å². The van der Waals surface area contributed by atoms with Crippen LogP contribution >= 0.6 is 0 Å². The molecule has 21 heavy (non-hydrogen) atoms. The summed E-state index contributed by atoms with van der Waals surface area (Å²) in [4.78, 5) is 16.8. The highest BCUT2D eigenvalue weighted by Gasteiger charge is 2.20. The average Bonchev–Trinajstić information content (AvgIpc) is 2.43. The van der Waals surface area contributed by atoms with E-state index in [0.717, 1.165) is 30.5 Å². The summed E-state index contributed by atoms with van der Waals surface area (Å²) in [6.45, 7) is 2.82. The fourth-order valence-electron chi connectivity index (χ4n) is 2.47. The van der Waals surface area contributed by atoms with Crippen LogP contribution in [0.2, 0.25) is 0 Å². The zero-order chi connectivity index (χ0) is 15.4. The van der Waals surface area contributed by atoms with E-state index in [1.807, 2.05) is 51.6 Å². The molecule has 0 radical (unpaired) electrons. The smallest absolute Gasteiger partial charge is 0.323 e. The van der Waals surface area contributed by atoms with Crippen molar-refractivity contribution in [3.8, 4) is 11.6 Å². The van der Waals surface area contributed by atoms with Gasteiger partial charge in [0.1, 0.15) is 0 Å². The monoisotopic (exact) mass is 288 g/mol. The molecule has 0 aliphatic carbocycles. The van der Waals surface area contributed by atoms with Crippen molar-refractivity contribution < 1.29 is 9.67 Å². The topological polar surface area (TPSA) is 60.2 Å². The van der Waals surface area contributed by atoms with Gasteiger partial charge in [-0.15, -0.1) is 0 Å². The lowest BCUT2D eigenvalue weighted by Crippen LogP contribution is -2.38. The van der Waals surface area contributed by atoms with Crippen LogP contribution in [0.5, 0.6) is 5.88 Å². The number of aromatic nitrogens is 2. The minimum absolute atomic E-state index is 0.0171. The van der Waals surface area contributed by atoms with E-state index in [-0.39, 0.29) is 11.4 Å². The molecule has 2 aromatic heterocycles. The molecule has 0 unspecified atom stereocenters. The van der Waals surface area contributed by atoms with Gasteiger partial charge in [-0.25, -0.2) is 0 Å². The zero-order valence-corrected chi connectivity index (χ0v) is 12.8. The third-order valence-electron chi connectivity index (χ3n) is 3.55. The third-order valence-corrected chi connectivity index (χ3v) is 3.55. The van der Waals surface area contributed by atoms with Crippen LogP contribution in [-0.2, 0) is 6.42 Å². The van der Waals surface area contributed by atoms with Gasteiger partial charge in [-0.2, -0.15) is 4.57 Å². The van der Waals surface area contributed by atoms with Gasteiger partial charge in [-0.1, -0.05) is 6.07 Å². The Balaban J connectivity index is 2.41. The first kappa shape index (κ1) is 15.3. The molecule has 0 amide bonds. The van der Waals surface area contributed by atoms with Crippen LogP contribution < -0.4 is 10.1 Å². The summed E-state index contributed by atoms with van der Waals surface area (Å²) in [5.74, 6) is -0.0171. The molecule has 0 bridgehead atoms. The lowest BCUT2D eigenvalue weighted by molar-refractivity contribution is -0.597. The lowest BCUT2D eigenvalue weighted by Gasteiger charge is -2.12. The molecule has 0 spiro atoms. The van der Waals surface area contributed by atoms with Gasteiger partial charge in [-0.3, -0.25) is 9.78 Å². The van der Waals surface area contributed by atoms with E-state index in [4.69, 9.17) is 0 Å². The summed E-state index contributed by atoms with van der Waals surface area (Å²) in [6, 6.07) is 5.65. The quantitative estimate of drug-likeness (QED) is 0.812. The summed E-state index contributed by atoms with van der Waals surface area (Å²) in [7, 11) is 4.04. The molecule has 0 saturated heterocycles. The summed E-state index contributed by atoms with van der Waals surface area (Å²) >= 11 is 0. The number of hydrogen-bond acceptors (Lipinski definition) is 3. The molecule has 0 aromatic carbocycles.